The summed E-state index contributed by atoms with van der Waals surface area (Å²) in [5, 5.41) is 10.4. The molecule has 0 saturated carbocycles. The highest BCUT2D eigenvalue weighted by molar-refractivity contribution is 6.01. The third kappa shape index (κ3) is 6.46. The van der Waals surface area contributed by atoms with Gasteiger partial charge in [0, 0.05) is 73.2 Å². The standard InChI is InChI=1S/C24H28N6O2.C7H11NO2/c1-29-10-8-24(9-11-29)16-30(21-7-6-17(13-25-21)18-14-26-27-15-18)23(31)22(24)28-19-4-3-5-20(12-19)32-2;9-6-2-5-8-4-1-3-7(8)10/h3-7,12-15,22,28H,8-11,16H2,1-2H3,(H,26,27);6H,1-5H2. The average molecular weight is 574 g/mol. The zero-order chi connectivity index (χ0) is 29.5. The number of ether oxygens (including phenoxy) is 1. The second kappa shape index (κ2) is 13.2. The first-order chi connectivity index (χ1) is 20.4. The van der Waals surface area contributed by atoms with Crippen molar-refractivity contribution in [3.8, 4) is 16.9 Å². The molecule has 11 heteroatoms. The summed E-state index contributed by atoms with van der Waals surface area (Å²) in [5.41, 5.74) is 2.69. The van der Waals surface area contributed by atoms with Crippen LogP contribution in [0.4, 0.5) is 11.5 Å². The van der Waals surface area contributed by atoms with E-state index in [1.165, 1.54) is 0 Å². The van der Waals surface area contributed by atoms with Gasteiger partial charge in [-0.2, -0.15) is 5.10 Å². The summed E-state index contributed by atoms with van der Waals surface area (Å²) >= 11 is 0. The lowest BCUT2D eigenvalue weighted by Gasteiger charge is -2.40. The van der Waals surface area contributed by atoms with Gasteiger partial charge in [-0.1, -0.05) is 6.07 Å². The Morgan fingerprint density at radius 3 is 2.60 bits per heavy atom. The number of likely N-dealkylation sites (tertiary alicyclic amines) is 2. The normalized spacial score (nSPS) is 20.0. The number of aldehydes is 1. The van der Waals surface area contributed by atoms with Gasteiger partial charge in [-0.05, 0) is 63.7 Å². The Kier molecular flexibility index (Phi) is 9.16. The van der Waals surface area contributed by atoms with Crippen molar-refractivity contribution >= 4 is 29.6 Å². The number of methoxy groups -OCH3 is 1. The van der Waals surface area contributed by atoms with Gasteiger partial charge in [0.25, 0.3) is 5.91 Å². The van der Waals surface area contributed by atoms with Gasteiger partial charge in [-0.15, -0.1) is 0 Å². The van der Waals surface area contributed by atoms with Crippen LogP contribution in [0.15, 0.2) is 55.0 Å². The summed E-state index contributed by atoms with van der Waals surface area (Å²) in [6.45, 7) is 4.07. The van der Waals surface area contributed by atoms with Gasteiger partial charge < -0.3 is 24.6 Å². The maximum atomic E-state index is 13.7. The Morgan fingerprint density at radius 1 is 1.12 bits per heavy atom. The van der Waals surface area contributed by atoms with E-state index >= 15 is 0 Å². The van der Waals surface area contributed by atoms with Crippen molar-refractivity contribution in [2.45, 2.75) is 38.1 Å². The van der Waals surface area contributed by atoms with Crippen LogP contribution in [0.25, 0.3) is 11.1 Å². The molecule has 3 fully saturated rings. The summed E-state index contributed by atoms with van der Waals surface area (Å²) in [7, 11) is 3.79. The number of rotatable bonds is 8. The van der Waals surface area contributed by atoms with E-state index in [1.807, 2.05) is 47.5 Å². The van der Waals surface area contributed by atoms with E-state index in [1.54, 1.807) is 24.4 Å². The van der Waals surface area contributed by atoms with Crippen LogP contribution < -0.4 is 15.0 Å². The Morgan fingerprint density at radius 2 is 1.95 bits per heavy atom. The number of nitrogens with one attached hydrogen (secondary N) is 2. The lowest BCUT2D eigenvalue weighted by molar-refractivity contribution is -0.127. The van der Waals surface area contributed by atoms with Crippen LogP contribution in [0.1, 0.15) is 32.1 Å². The Labute approximate surface area is 246 Å². The maximum absolute atomic E-state index is 13.7. The van der Waals surface area contributed by atoms with E-state index in [4.69, 9.17) is 4.74 Å². The number of hydrogen-bond donors (Lipinski definition) is 2. The zero-order valence-corrected chi connectivity index (χ0v) is 24.3. The molecule has 11 nitrogen and oxygen atoms in total. The molecular weight excluding hydrogens is 534 g/mol. The molecule has 2 amide bonds. The second-order valence-corrected chi connectivity index (χ2v) is 11.2. The fourth-order valence-corrected chi connectivity index (χ4v) is 5.98. The van der Waals surface area contributed by atoms with Crippen LogP contribution in [0.3, 0.4) is 0 Å². The fraction of sp³-hybridized carbons (Fsp3) is 0.452. The summed E-state index contributed by atoms with van der Waals surface area (Å²) in [6.07, 6.45) is 10.3. The number of carbonyl (C=O) groups excluding carboxylic acids is 3. The molecule has 5 heterocycles. The van der Waals surface area contributed by atoms with Crippen LogP contribution in [-0.4, -0.2) is 96.0 Å². The Bertz CT molecular complexity index is 1350. The maximum Gasteiger partial charge on any atom is 0.251 e. The summed E-state index contributed by atoms with van der Waals surface area (Å²) < 4.78 is 5.37. The fourth-order valence-electron chi connectivity index (χ4n) is 5.98. The predicted octanol–water partition coefficient (Wildman–Crippen LogP) is 3.22. The van der Waals surface area contributed by atoms with Gasteiger partial charge >= 0.3 is 0 Å². The molecule has 1 spiro atoms. The molecule has 0 aliphatic carbocycles. The minimum absolute atomic E-state index is 0.0703. The molecule has 2 N–H and O–H groups in total. The number of amides is 2. The first-order valence-corrected chi connectivity index (χ1v) is 14.5. The molecule has 42 heavy (non-hydrogen) atoms. The molecule has 0 radical (unpaired) electrons. The predicted molar refractivity (Wildman–Crippen MR) is 160 cm³/mol. The van der Waals surface area contributed by atoms with E-state index in [9.17, 15) is 14.4 Å². The Balaban J connectivity index is 0.000000300. The van der Waals surface area contributed by atoms with E-state index in [2.05, 4.69) is 32.4 Å². The molecule has 3 aliphatic rings. The number of pyridine rings is 1. The highest BCUT2D eigenvalue weighted by Crippen LogP contribution is 2.44. The minimum Gasteiger partial charge on any atom is -0.497 e. The van der Waals surface area contributed by atoms with Gasteiger partial charge in [0.1, 0.15) is 23.9 Å². The van der Waals surface area contributed by atoms with Crippen LogP contribution in [-0.2, 0) is 14.4 Å². The summed E-state index contributed by atoms with van der Waals surface area (Å²) in [6, 6.07) is 11.4. The average Bonchev–Trinajstić information content (AvgIpc) is 3.76. The number of carbonyl (C=O) groups is 3. The third-order valence-electron chi connectivity index (χ3n) is 8.51. The van der Waals surface area contributed by atoms with E-state index < -0.39 is 0 Å². The lowest BCUT2D eigenvalue weighted by Crippen LogP contribution is -2.48. The lowest BCUT2D eigenvalue weighted by atomic mass is 9.74. The van der Waals surface area contributed by atoms with Gasteiger partial charge in [0.05, 0.1) is 13.3 Å². The SMILES string of the molecule is COc1cccc(NC2C(=O)N(c3ccc(-c4cn[nH]c4)cn3)CC23CCN(C)CC3)c1.O=CCCN1CCCC1=O. The summed E-state index contributed by atoms with van der Waals surface area (Å²) in [4.78, 5) is 45.1. The van der Waals surface area contributed by atoms with Crippen molar-refractivity contribution in [2.24, 2.45) is 5.41 Å². The molecule has 222 valence electrons. The molecule has 1 aromatic carbocycles. The third-order valence-corrected chi connectivity index (χ3v) is 8.51. The van der Waals surface area contributed by atoms with Crippen LogP contribution in [0, 0.1) is 5.41 Å². The van der Waals surface area contributed by atoms with Gasteiger partial charge in [-0.25, -0.2) is 4.98 Å². The zero-order valence-electron chi connectivity index (χ0n) is 24.3. The van der Waals surface area contributed by atoms with Crippen LogP contribution >= 0.6 is 0 Å². The molecule has 3 saturated heterocycles. The first kappa shape index (κ1) is 29.2. The van der Waals surface area contributed by atoms with Crippen LogP contribution in [0.2, 0.25) is 0 Å². The van der Waals surface area contributed by atoms with Crippen molar-refractivity contribution in [3.63, 3.8) is 0 Å². The number of piperidine rings is 1. The number of nitrogens with zero attached hydrogens (tertiary/aromatic N) is 5. The highest BCUT2D eigenvalue weighted by atomic mass is 16.5. The topological polar surface area (TPSA) is 124 Å². The number of benzene rings is 1. The Hall–Kier alpha value is -4.25. The number of hydrogen-bond acceptors (Lipinski definition) is 8. The van der Waals surface area contributed by atoms with Gasteiger partial charge in [-0.3, -0.25) is 19.6 Å². The molecule has 6 rings (SSSR count). The smallest absolute Gasteiger partial charge is 0.251 e. The first-order valence-electron chi connectivity index (χ1n) is 14.5. The van der Waals surface area contributed by atoms with Gasteiger partial charge in [0.15, 0.2) is 0 Å². The number of anilines is 2. The van der Waals surface area contributed by atoms with E-state index in [0.717, 1.165) is 67.7 Å². The molecule has 1 atom stereocenters. The summed E-state index contributed by atoms with van der Waals surface area (Å²) in [5.74, 6) is 1.73. The number of aromatic amines is 1. The van der Waals surface area contributed by atoms with Crippen LogP contribution in [0.5, 0.6) is 5.75 Å². The molecule has 3 aromatic rings. The molecular formula is C31H39N7O4. The van der Waals surface area contributed by atoms with Gasteiger partial charge in [0.2, 0.25) is 5.91 Å². The molecule has 3 aliphatic heterocycles. The highest BCUT2D eigenvalue weighted by Gasteiger charge is 2.53. The quantitative estimate of drug-likeness (QED) is 0.394. The molecule has 2 aromatic heterocycles. The largest absolute Gasteiger partial charge is 0.497 e. The van der Waals surface area contributed by atoms with E-state index in [0.29, 0.717) is 31.7 Å². The van der Waals surface area contributed by atoms with E-state index in [-0.39, 0.29) is 23.3 Å². The van der Waals surface area contributed by atoms with Crippen molar-refractivity contribution in [1.82, 2.24) is 25.0 Å². The number of aromatic nitrogens is 3. The molecule has 0 bridgehead atoms. The van der Waals surface area contributed by atoms with Crippen molar-refractivity contribution in [2.75, 3.05) is 57.1 Å². The van der Waals surface area contributed by atoms with Crippen molar-refractivity contribution < 1.29 is 19.1 Å². The molecule has 1 unspecified atom stereocenters. The van der Waals surface area contributed by atoms with Crippen molar-refractivity contribution in [1.29, 1.82) is 0 Å². The number of H-pyrrole nitrogens is 1. The monoisotopic (exact) mass is 573 g/mol. The minimum atomic E-state index is -0.307. The van der Waals surface area contributed by atoms with Crippen molar-refractivity contribution in [3.05, 3.63) is 55.0 Å². The second-order valence-electron chi connectivity index (χ2n) is 11.2.